The van der Waals surface area contributed by atoms with Crippen LogP contribution in [0.25, 0.3) is 0 Å². The van der Waals surface area contributed by atoms with Crippen LogP contribution in [0.15, 0.2) is 54.6 Å². The van der Waals surface area contributed by atoms with E-state index in [2.05, 4.69) is 73.8 Å². The Morgan fingerprint density at radius 1 is 0.952 bits per heavy atom. The Balaban J connectivity index is 1.63. The minimum atomic E-state index is 0.411. The molecule has 1 fully saturated rings. The summed E-state index contributed by atoms with van der Waals surface area (Å²) in [5.41, 5.74) is 4.27. The van der Waals surface area contributed by atoms with Crippen molar-refractivity contribution in [3.63, 3.8) is 0 Å². The summed E-state index contributed by atoms with van der Waals surface area (Å²) in [4.78, 5) is 0. The molecule has 1 heteroatoms. The Kier molecular flexibility index (Phi) is 4.40. The highest BCUT2D eigenvalue weighted by Gasteiger charge is 2.23. The van der Waals surface area contributed by atoms with Crippen molar-refractivity contribution in [2.45, 2.75) is 45.2 Å². The summed E-state index contributed by atoms with van der Waals surface area (Å²) in [5, 5.41) is 3.72. The standard InChI is InChI=1S/C20H25N/c1-15(2)20(19-6-4-3-5-7-19)21-14-16-8-10-17(11-9-16)18-12-13-18/h3-11,15,18,20-21H,12-14H2,1-2H3. The van der Waals surface area contributed by atoms with E-state index in [-0.39, 0.29) is 0 Å². The highest BCUT2D eigenvalue weighted by Crippen LogP contribution is 2.39. The Morgan fingerprint density at radius 2 is 1.62 bits per heavy atom. The normalized spacial score (nSPS) is 16.1. The van der Waals surface area contributed by atoms with Gasteiger partial charge >= 0.3 is 0 Å². The fourth-order valence-corrected chi connectivity index (χ4v) is 2.95. The number of hydrogen-bond acceptors (Lipinski definition) is 1. The van der Waals surface area contributed by atoms with Crippen LogP contribution in [0.4, 0.5) is 0 Å². The predicted octanol–water partition coefficient (Wildman–Crippen LogP) is 5.05. The molecule has 2 aromatic carbocycles. The van der Waals surface area contributed by atoms with Gasteiger partial charge in [0.1, 0.15) is 0 Å². The molecule has 0 radical (unpaired) electrons. The molecule has 0 bridgehead atoms. The number of nitrogens with one attached hydrogen (secondary N) is 1. The second-order valence-corrected chi connectivity index (χ2v) is 6.53. The van der Waals surface area contributed by atoms with Crippen LogP contribution in [0.2, 0.25) is 0 Å². The van der Waals surface area contributed by atoms with E-state index in [4.69, 9.17) is 0 Å². The molecule has 1 nitrogen and oxygen atoms in total. The summed E-state index contributed by atoms with van der Waals surface area (Å²) < 4.78 is 0. The lowest BCUT2D eigenvalue weighted by atomic mass is 9.96. The van der Waals surface area contributed by atoms with Crippen molar-refractivity contribution in [2.75, 3.05) is 0 Å². The largest absolute Gasteiger partial charge is 0.306 e. The highest BCUT2D eigenvalue weighted by molar-refractivity contribution is 5.28. The van der Waals surface area contributed by atoms with E-state index >= 15 is 0 Å². The Labute approximate surface area is 128 Å². The molecule has 0 saturated heterocycles. The third kappa shape index (κ3) is 3.74. The molecule has 0 spiro atoms. The summed E-state index contributed by atoms with van der Waals surface area (Å²) in [5.74, 6) is 1.43. The maximum atomic E-state index is 3.72. The quantitative estimate of drug-likeness (QED) is 0.780. The molecule has 1 unspecified atom stereocenters. The van der Waals surface area contributed by atoms with Gasteiger partial charge in [0.15, 0.2) is 0 Å². The predicted molar refractivity (Wildman–Crippen MR) is 89.3 cm³/mol. The summed E-state index contributed by atoms with van der Waals surface area (Å²) in [6.07, 6.45) is 2.75. The van der Waals surface area contributed by atoms with Gasteiger partial charge in [-0.05, 0) is 41.4 Å². The minimum absolute atomic E-state index is 0.411. The van der Waals surface area contributed by atoms with Crippen molar-refractivity contribution in [1.29, 1.82) is 0 Å². The third-order valence-corrected chi connectivity index (χ3v) is 4.38. The molecule has 0 aliphatic heterocycles. The third-order valence-electron chi connectivity index (χ3n) is 4.38. The second-order valence-electron chi connectivity index (χ2n) is 6.53. The molecule has 3 rings (SSSR count). The number of benzene rings is 2. The summed E-state index contributed by atoms with van der Waals surface area (Å²) in [6, 6.07) is 20.3. The van der Waals surface area contributed by atoms with Gasteiger partial charge in [0.2, 0.25) is 0 Å². The first-order valence-corrected chi connectivity index (χ1v) is 8.11. The van der Waals surface area contributed by atoms with E-state index in [1.807, 2.05) is 0 Å². The van der Waals surface area contributed by atoms with Gasteiger partial charge in [0.05, 0.1) is 0 Å². The molecule has 0 amide bonds. The van der Waals surface area contributed by atoms with Gasteiger partial charge in [-0.2, -0.15) is 0 Å². The summed E-state index contributed by atoms with van der Waals surface area (Å²) >= 11 is 0. The summed E-state index contributed by atoms with van der Waals surface area (Å²) in [7, 11) is 0. The van der Waals surface area contributed by atoms with Gasteiger partial charge in [-0.1, -0.05) is 68.4 Å². The first-order valence-electron chi connectivity index (χ1n) is 8.11. The van der Waals surface area contributed by atoms with Gasteiger partial charge < -0.3 is 5.32 Å². The SMILES string of the molecule is CC(C)C(NCc1ccc(C2CC2)cc1)c1ccccc1. The van der Waals surface area contributed by atoms with Gasteiger partial charge in [0, 0.05) is 12.6 Å². The van der Waals surface area contributed by atoms with Crippen LogP contribution in [0.5, 0.6) is 0 Å². The molecule has 1 saturated carbocycles. The van der Waals surface area contributed by atoms with E-state index < -0.39 is 0 Å². The number of rotatable bonds is 6. The first-order chi connectivity index (χ1) is 10.2. The van der Waals surface area contributed by atoms with Crippen molar-refractivity contribution in [3.8, 4) is 0 Å². The maximum absolute atomic E-state index is 3.72. The molecular weight excluding hydrogens is 254 g/mol. The Bertz CT molecular complexity index is 552. The van der Waals surface area contributed by atoms with E-state index in [1.165, 1.54) is 29.5 Å². The van der Waals surface area contributed by atoms with Crippen LogP contribution in [-0.2, 0) is 6.54 Å². The molecule has 1 N–H and O–H groups in total. The number of hydrogen-bond donors (Lipinski definition) is 1. The molecule has 2 aromatic rings. The molecule has 110 valence electrons. The molecule has 1 atom stereocenters. The fourth-order valence-electron chi connectivity index (χ4n) is 2.95. The monoisotopic (exact) mass is 279 g/mol. The van der Waals surface area contributed by atoms with Gasteiger partial charge in [0.25, 0.3) is 0 Å². The molecule has 21 heavy (non-hydrogen) atoms. The van der Waals surface area contributed by atoms with Gasteiger partial charge in [-0.25, -0.2) is 0 Å². The lowest BCUT2D eigenvalue weighted by molar-refractivity contribution is 0.410. The topological polar surface area (TPSA) is 12.0 Å². The second kappa shape index (κ2) is 6.44. The molecule has 1 aliphatic rings. The maximum Gasteiger partial charge on any atom is 0.0346 e. The van der Waals surface area contributed by atoms with E-state index in [1.54, 1.807) is 0 Å². The van der Waals surface area contributed by atoms with Crippen molar-refractivity contribution in [3.05, 3.63) is 71.3 Å². The van der Waals surface area contributed by atoms with Crippen molar-refractivity contribution in [2.24, 2.45) is 5.92 Å². The van der Waals surface area contributed by atoms with Crippen LogP contribution >= 0.6 is 0 Å². The van der Waals surface area contributed by atoms with E-state index in [0.717, 1.165) is 12.5 Å². The fraction of sp³-hybridized carbons (Fsp3) is 0.400. The van der Waals surface area contributed by atoms with Crippen LogP contribution in [0, 0.1) is 5.92 Å². The molecule has 1 aliphatic carbocycles. The first kappa shape index (κ1) is 14.3. The minimum Gasteiger partial charge on any atom is -0.306 e. The van der Waals surface area contributed by atoms with E-state index in [9.17, 15) is 0 Å². The highest BCUT2D eigenvalue weighted by atomic mass is 14.9. The zero-order valence-electron chi connectivity index (χ0n) is 13.0. The van der Waals surface area contributed by atoms with Crippen LogP contribution < -0.4 is 5.32 Å². The summed E-state index contributed by atoms with van der Waals surface area (Å²) in [6.45, 7) is 5.49. The van der Waals surface area contributed by atoms with Crippen LogP contribution in [-0.4, -0.2) is 0 Å². The average molecular weight is 279 g/mol. The zero-order valence-corrected chi connectivity index (χ0v) is 13.0. The molecule has 0 heterocycles. The Morgan fingerprint density at radius 3 is 2.19 bits per heavy atom. The van der Waals surface area contributed by atoms with Crippen LogP contribution in [0.1, 0.15) is 55.3 Å². The average Bonchev–Trinajstić information content (AvgIpc) is 3.34. The van der Waals surface area contributed by atoms with Crippen LogP contribution in [0.3, 0.4) is 0 Å². The van der Waals surface area contributed by atoms with Gasteiger partial charge in [-0.3, -0.25) is 0 Å². The van der Waals surface area contributed by atoms with Crippen molar-refractivity contribution >= 4 is 0 Å². The van der Waals surface area contributed by atoms with Gasteiger partial charge in [-0.15, -0.1) is 0 Å². The van der Waals surface area contributed by atoms with E-state index in [0.29, 0.717) is 12.0 Å². The lowest BCUT2D eigenvalue weighted by Crippen LogP contribution is -2.25. The van der Waals surface area contributed by atoms with Crippen molar-refractivity contribution < 1.29 is 0 Å². The molecular formula is C20H25N. The molecule has 0 aromatic heterocycles. The Hall–Kier alpha value is -1.60. The lowest BCUT2D eigenvalue weighted by Gasteiger charge is -2.23. The zero-order chi connectivity index (χ0) is 14.7. The smallest absolute Gasteiger partial charge is 0.0346 e. The van der Waals surface area contributed by atoms with Crippen molar-refractivity contribution in [1.82, 2.24) is 5.32 Å².